The van der Waals surface area contributed by atoms with E-state index in [4.69, 9.17) is 4.74 Å². The summed E-state index contributed by atoms with van der Waals surface area (Å²) in [7, 11) is 0. The van der Waals surface area contributed by atoms with E-state index in [1.54, 1.807) is 24.2 Å². The molecule has 2 aromatic carbocycles. The van der Waals surface area contributed by atoms with E-state index in [1.165, 1.54) is 24.3 Å². The van der Waals surface area contributed by atoms with Gasteiger partial charge in [-0.15, -0.1) is 0 Å². The van der Waals surface area contributed by atoms with Crippen LogP contribution in [0, 0.1) is 5.82 Å². The second-order valence-electron chi connectivity index (χ2n) is 7.70. The molecule has 2 atom stereocenters. The maximum Gasteiger partial charge on any atom is 0.264 e. The highest BCUT2D eigenvalue weighted by Crippen LogP contribution is 2.22. The highest BCUT2D eigenvalue weighted by Gasteiger charge is 2.35. The van der Waals surface area contributed by atoms with Crippen LogP contribution in [-0.2, 0) is 16.0 Å². The molecule has 1 N–H and O–H groups in total. The number of aromatic nitrogens is 1. The minimum atomic E-state index is -0.810. The van der Waals surface area contributed by atoms with Crippen LogP contribution in [-0.4, -0.2) is 46.9 Å². The van der Waals surface area contributed by atoms with Crippen LogP contribution in [0.1, 0.15) is 12.5 Å². The fourth-order valence-electron chi connectivity index (χ4n) is 3.82. The molecule has 1 aliphatic rings. The summed E-state index contributed by atoms with van der Waals surface area (Å²) in [6.45, 7) is 2.42. The number of hydrogen-bond donors (Lipinski definition) is 1. The van der Waals surface area contributed by atoms with Gasteiger partial charge in [0.2, 0.25) is 5.91 Å². The number of hydrogen-bond acceptors (Lipinski definition) is 4. The molecule has 164 valence electrons. The summed E-state index contributed by atoms with van der Waals surface area (Å²) in [6, 6.07) is 16.6. The Morgan fingerprint density at radius 1 is 1.19 bits per heavy atom. The van der Waals surface area contributed by atoms with Gasteiger partial charge in [-0.05, 0) is 53.9 Å². The minimum Gasteiger partial charge on any atom is -0.481 e. The van der Waals surface area contributed by atoms with Crippen LogP contribution in [0.3, 0.4) is 0 Å². The molecular weight excluding hydrogens is 409 g/mol. The van der Waals surface area contributed by atoms with Crippen LogP contribution in [0.2, 0.25) is 0 Å². The van der Waals surface area contributed by atoms with Crippen LogP contribution >= 0.6 is 0 Å². The summed E-state index contributed by atoms with van der Waals surface area (Å²) in [5, 5.41) is 2.85. The van der Waals surface area contributed by atoms with E-state index in [1.807, 2.05) is 36.4 Å². The maximum absolute atomic E-state index is 13.1. The van der Waals surface area contributed by atoms with Gasteiger partial charge in [-0.25, -0.2) is 4.39 Å². The number of benzene rings is 2. The number of rotatable bonds is 6. The van der Waals surface area contributed by atoms with Gasteiger partial charge in [-0.3, -0.25) is 14.6 Å². The summed E-state index contributed by atoms with van der Waals surface area (Å²) in [5.74, 6) is -0.449. The molecule has 3 aromatic rings. The number of carbonyl (C=O) groups excluding carboxylic acids is 2. The molecular formula is C25H24FN3O3. The lowest BCUT2D eigenvalue weighted by Crippen LogP contribution is -2.60. The van der Waals surface area contributed by atoms with Gasteiger partial charge in [0, 0.05) is 31.9 Å². The monoisotopic (exact) mass is 433 g/mol. The summed E-state index contributed by atoms with van der Waals surface area (Å²) in [4.78, 5) is 31.6. The first-order valence-electron chi connectivity index (χ1n) is 10.5. The van der Waals surface area contributed by atoms with Crippen molar-refractivity contribution in [2.24, 2.45) is 0 Å². The first-order chi connectivity index (χ1) is 15.5. The number of ether oxygens (including phenoxy) is 1. The predicted octanol–water partition coefficient (Wildman–Crippen LogP) is 3.22. The number of halogens is 1. The Morgan fingerprint density at radius 3 is 2.72 bits per heavy atom. The second kappa shape index (κ2) is 9.60. The van der Waals surface area contributed by atoms with Crippen molar-refractivity contribution < 1.29 is 18.7 Å². The van der Waals surface area contributed by atoms with Gasteiger partial charge < -0.3 is 15.0 Å². The number of carbonyl (C=O) groups is 2. The third-order valence-electron chi connectivity index (χ3n) is 5.44. The van der Waals surface area contributed by atoms with Crippen molar-refractivity contribution in [2.45, 2.75) is 25.5 Å². The zero-order valence-corrected chi connectivity index (χ0v) is 17.7. The standard InChI is InChI=1S/C25H24FN3O3/c1-17(32-22-9-7-21(26)8-10-22)25(31)29-13-12-28-24(30)23(29)15-18-4-2-5-19(14-18)20-6-3-11-27-16-20/h2-11,14,16-17,23H,12-13,15H2,1H3,(H,28,30)/t17-,23-/m0/s1. The molecule has 7 heteroatoms. The third kappa shape index (κ3) is 4.94. The van der Waals surface area contributed by atoms with Crippen molar-refractivity contribution in [3.05, 3.63) is 84.4 Å². The van der Waals surface area contributed by atoms with E-state index < -0.39 is 12.1 Å². The average molecular weight is 433 g/mol. The smallest absolute Gasteiger partial charge is 0.264 e. The SMILES string of the molecule is C[C@H](Oc1ccc(F)cc1)C(=O)N1CCNC(=O)[C@@H]1Cc1cccc(-c2cccnc2)c1. The highest BCUT2D eigenvalue weighted by atomic mass is 19.1. The average Bonchev–Trinajstić information content (AvgIpc) is 2.82. The molecule has 32 heavy (non-hydrogen) atoms. The molecule has 1 fully saturated rings. The molecule has 0 radical (unpaired) electrons. The van der Waals surface area contributed by atoms with Crippen molar-refractivity contribution in [1.29, 1.82) is 0 Å². The lowest BCUT2D eigenvalue weighted by molar-refractivity contribution is -0.147. The second-order valence-corrected chi connectivity index (χ2v) is 7.70. The Hall–Kier alpha value is -3.74. The van der Waals surface area contributed by atoms with Gasteiger partial charge in [0.05, 0.1) is 0 Å². The van der Waals surface area contributed by atoms with Crippen molar-refractivity contribution in [1.82, 2.24) is 15.2 Å². The number of amides is 2. The zero-order chi connectivity index (χ0) is 22.5. The summed E-state index contributed by atoms with van der Waals surface area (Å²) in [5.41, 5.74) is 2.92. The van der Waals surface area contributed by atoms with Crippen LogP contribution in [0.5, 0.6) is 5.75 Å². The fourth-order valence-corrected chi connectivity index (χ4v) is 3.82. The highest BCUT2D eigenvalue weighted by molar-refractivity contribution is 5.90. The molecule has 2 amide bonds. The fraction of sp³-hybridized carbons (Fsp3) is 0.240. The van der Waals surface area contributed by atoms with E-state index >= 15 is 0 Å². The van der Waals surface area contributed by atoms with Crippen LogP contribution in [0.25, 0.3) is 11.1 Å². The number of piperazine rings is 1. The van der Waals surface area contributed by atoms with Gasteiger partial charge in [-0.2, -0.15) is 0 Å². The van der Waals surface area contributed by atoms with Crippen LogP contribution in [0.15, 0.2) is 73.1 Å². The zero-order valence-electron chi connectivity index (χ0n) is 17.7. The van der Waals surface area contributed by atoms with Crippen molar-refractivity contribution >= 4 is 11.8 Å². The first-order valence-corrected chi connectivity index (χ1v) is 10.5. The van der Waals surface area contributed by atoms with Crippen LogP contribution in [0.4, 0.5) is 4.39 Å². The molecule has 0 aliphatic carbocycles. The van der Waals surface area contributed by atoms with Crippen molar-refractivity contribution in [3.8, 4) is 16.9 Å². The van der Waals surface area contributed by atoms with Crippen LogP contribution < -0.4 is 10.1 Å². The molecule has 0 bridgehead atoms. The molecule has 0 spiro atoms. The maximum atomic E-state index is 13.1. The summed E-state index contributed by atoms with van der Waals surface area (Å²) < 4.78 is 18.8. The van der Waals surface area contributed by atoms with Crippen molar-refractivity contribution in [2.75, 3.05) is 13.1 Å². The number of nitrogens with one attached hydrogen (secondary N) is 1. The molecule has 0 saturated carbocycles. The first kappa shape index (κ1) is 21.5. The van der Waals surface area contributed by atoms with E-state index in [-0.39, 0.29) is 17.6 Å². The van der Waals surface area contributed by atoms with E-state index in [0.717, 1.165) is 16.7 Å². The topological polar surface area (TPSA) is 71.5 Å². The van der Waals surface area contributed by atoms with Crippen molar-refractivity contribution in [3.63, 3.8) is 0 Å². The van der Waals surface area contributed by atoms with Gasteiger partial charge in [-0.1, -0.05) is 30.3 Å². The Kier molecular flexibility index (Phi) is 6.44. The van der Waals surface area contributed by atoms with Gasteiger partial charge >= 0.3 is 0 Å². The molecule has 4 rings (SSSR count). The number of pyridine rings is 1. The van der Waals surface area contributed by atoms with E-state index in [9.17, 15) is 14.0 Å². The summed E-state index contributed by atoms with van der Waals surface area (Å²) in [6.07, 6.45) is 3.08. The normalized spacial score (nSPS) is 16.9. The summed E-state index contributed by atoms with van der Waals surface area (Å²) >= 11 is 0. The van der Waals surface area contributed by atoms with Gasteiger partial charge in [0.25, 0.3) is 5.91 Å². The number of nitrogens with zero attached hydrogens (tertiary/aromatic N) is 2. The molecule has 2 heterocycles. The molecule has 1 aliphatic heterocycles. The lowest BCUT2D eigenvalue weighted by atomic mass is 9.98. The Bertz CT molecular complexity index is 1090. The third-order valence-corrected chi connectivity index (χ3v) is 5.44. The Balaban J connectivity index is 1.51. The lowest BCUT2D eigenvalue weighted by Gasteiger charge is -2.36. The van der Waals surface area contributed by atoms with E-state index in [2.05, 4.69) is 10.3 Å². The predicted molar refractivity (Wildman–Crippen MR) is 118 cm³/mol. The Labute approximate surface area is 186 Å². The molecule has 0 unspecified atom stereocenters. The Morgan fingerprint density at radius 2 is 1.97 bits per heavy atom. The largest absolute Gasteiger partial charge is 0.481 e. The van der Waals surface area contributed by atoms with Gasteiger partial charge in [0.15, 0.2) is 6.10 Å². The minimum absolute atomic E-state index is 0.189. The quantitative estimate of drug-likeness (QED) is 0.648. The van der Waals surface area contributed by atoms with E-state index in [0.29, 0.717) is 25.3 Å². The van der Waals surface area contributed by atoms with Gasteiger partial charge in [0.1, 0.15) is 17.6 Å². The molecule has 6 nitrogen and oxygen atoms in total. The molecule has 1 aromatic heterocycles. The molecule has 1 saturated heterocycles.